The lowest BCUT2D eigenvalue weighted by atomic mass is 9.85. The van der Waals surface area contributed by atoms with Crippen LogP contribution in [0.3, 0.4) is 0 Å². The third kappa shape index (κ3) is 12.9. The molecule has 1 aliphatic rings. The Morgan fingerprint density at radius 2 is 1.60 bits per heavy atom. The van der Waals surface area contributed by atoms with Crippen molar-refractivity contribution in [3.63, 3.8) is 0 Å². The predicted molar refractivity (Wildman–Crippen MR) is 159 cm³/mol. The maximum Gasteiger partial charge on any atom is 0.407 e. The van der Waals surface area contributed by atoms with E-state index in [0.29, 0.717) is 12.8 Å². The molecule has 246 valence electrons. The van der Waals surface area contributed by atoms with E-state index in [4.69, 9.17) is 9.47 Å². The van der Waals surface area contributed by atoms with Crippen molar-refractivity contribution in [3.05, 3.63) is 0 Å². The minimum absolute atomic E-state index is 0.0800. The third-order valence-electron chi connectivity index (χ3n) is 6.62. The molecule has 4 amide bonds. The fourth-order valence-electron chi connectivity index (χ4n) is 4.51. The monoisotopic (exact) mass is 612 g/mol. The van der Waals surface area contributed by atoms with E-state index >= 15 is 0 Å². The topological polar surface area (TPSA) is 169 Å². The molecule has 4 unspecified atom stereocenters. The van der Waals surface area contributed by atoms with E-state index in [0.717, 1.165) is 7.11 Å². The first-order valence-electron chi connectivity index (χ1n) is 14.9. The molecule has 13 heteroatoms. The smallest absolute Gasteiger partial charge is 0.407 e. The van der Waals surface area contributed by atoms with Gasteiger partial charge in [-0.25, -0.2) is 4.79 Å². The molecular formula is C30H52N4O9. The Balaban J connectivity index is 3.29. The highest BCUT2D eigenvalue weighted by Crippen LogP contribution is 2.29. The highest BCUT2D eigenvalue weighted by Gasteiger charge is 2.46. The van der Waals surface area contributed by atoms with Crippen LogP contribution in [-0.4, -0.2) is 97.1 Å². The second-order valence-electron chi connectivity index (χ2n) is 13.4. The molecule has 3 N–H and O–H groups in total. The van der Waals surface area contributed by atoms with Gasteiger partial charge in [-0.1, -0.05) is 54.4 Å². The van der Waals surface area contributed by atoms with E-state index in [2.05, 4.69) is 20.7 Å². The molecule has 0 aromatic heterocycles. The summed E-state index contributed by atoms with van der Waals surface area (Å²) >= 11 is 0. The summed E-state index contributed by atoms with van der Waals surface area (Å²) in [5.74, 6) is -3.69. The summed E-state index contributed by atoms with van der Waals surface area (Å²) in [6, 6.07) is -3.24. The van der Waals surface area contributed by atoms with Crippen LogP contribution in [0, 0.1) is 11.3 Å². The van der Waals surface area contributed by atoms with Crippen LogP contribution in [0.1, 0.15) is 88.0 Å². The maximum atomic E-state index is 14.0. The maximum absolute atomic E-state index is 14.0. The van der Waals surface area contributed by atoms with Gasteiger partial charge in [0.15, 0.2) is 0 Å². The summed E-state index contributed by atoms with van der Waals surface area (Å²) in [5, 5.41) is 7.55. The van der Waals surface area contributed by atoms with Crippen LogP contribution in [0.15, 0.2) is 0 Å². The average Bonchev–Trinajstić information content (AvgIpc) is 3.31. The second kappa shape index (κ2) is 16.6. The van der Waals surface area contributed by atoms with Crippen LogP contribution in [0.5, 0.6) is 0 Å². The summed E-state index contributed by atoms with van der Waals surface area (Å²) < 4.78 is 15.9. The lowest BCUT2D eigenvalue weighted by Gasteiger charge is -2.35. The van der Waals surface area contributed by atoms with Crippen LogP contribution >= 0.6 is 0 Å². The van der Waals surface area contributed by atoms with Gasteiger partial charge in [-0.2, -0.15) is 0 Å². The van der Waals surface area contributed by atoms with Gasteiger partial charge in [-0.3, -0.25) is 24.0 Å². The molecule has 0 aliphatic carbocycles. The molecule has 1 aliphatic heterocycles. The molecule has 1 rings (SSSR count). The number of carbonyl (C=O) groups excluding carboxylic acids is 6. The Morgan fingerprint density at radius 3 is 2.12 bits per heavy atom. The van der Waals surface area contributed by atoms with Crippen molar-refractivity contribution >= 4 is 35.6 Å². The number of likely N-dealkylation sites (tertiary alicyclic amines) is 1. The Labute approximate surface area is 255 Å². The van der Waals surface area contributed by atoms with Gasteiger partial charge in [0.25, 0.3) is 5.91 Å². The number of ketones is 1. The van der Waals surface area contributed by atoms with Gasteiger partial charge < -0.3 is 35.1 Å². The van der Waals surface area contributed by atoms with Crippen molar-refractivity contribution in [1.29, 1.82) is 0 Å². The van der Waals surface area contributed by atoms with Crippen molar-refractivity contribution in [2.24, 2.45) is 11.3 Å². The van der Waals surface area contributed by atoms with Crippen molar-refractivity contribution in [2.75, 3.05) is 26.8 Å². The molecule has 0 aromatic rings. The molecule has 1 heterocycles. The van der Waals surface area contributed by atoms with Gasteiger partial charge in [0.1, 0.15) is 18.6 Å². The summed E-state index contributed by atoms with van der Waals surface area (Å²) in [7, 11) is 1.15. The Hall–Kier alpha value is -3.22. The number of amides is 4. The number of methoxy groups -OCH3 is 1. The standard InChI is InChI=1S/C30H52N4O9/c1-11-12-13-20(23(36)26(38)31-15-22(35)41-10)32-25(37)21-14-19(43-30(7,8)9)16-34(21)27(39)24(29(4,5)6)33-28(40)42-17-18(2)3/h18-21,24H,11-17H2,1-10H3,(H,31,38)(H,32,37)(H,33,40). The highest BCUT2D eigenvalue weighted by molar-refractivity contribution is 6.38. The van der Waals surface area contributed by atoms with Gasteiger partial charge >= 0.3 is 12.1 Å². The summed E-state index contributed by atoms with van der Waals surface area (Å²) in [6.07, 6.45) is 0.327. The van der Waals surface area contributed by atoms with E-state index in [9.17, 15) is 28.8 Å². The molecule has 0 spiro atoms. The first-order valence-corrected chi connectivity index (χ1v) is 14.9. The predicted octanol–water partition coefficient (Wildman–Crippen LogP) is 2.10. The number of rotatable bonds is 14. The second-order valence-corrected chi connectivity index (χ2v) is 13.4. The molecule has 13 nitrogen and oxygen atoms in total. The zero-order chi connectivity index (χ0) is 33.1. The number of alkyl carbamates (subject to hydrolysis) is 1. The number of ether oxygens (including phenoxy) is 3. The number of nitrogens with zero attached hydrogens (tertiary/aromatic N) is 1. The molecule has 1 fully saturated rings. The van der Waals surface area contributed by atoms with E-state index in [1.54, 1.807) is 20.8 Å². The molecule has 1 saturated heterocycles. The van der Waals surface area contributed by atoms with Crippen LogP contribution < -0.4 is 16.0 Å². The quantitative estimate of drug-likeness (QED) is 0.196. The summed E-state index contributed by atoms with van der Waals surface area (Å²) in [6.45, 7) is 16.4. The van der Waals surface area contributed by atoms with E-state index < -0.39 is 77.4 Å². The number of hydrogen-bond acceptors (Lipinski definition) is 9. The largest absolute Gasteiger partial charge is 0.468 e. The molecular weight excluding hydrogens is 560 g/mol. The molecule has 43 heavy (non-hydrogen) atoms. The lowest BCUT2D eigenvalue weighted by molar-refractivity contribution is -0.145. The number of carbonyl (C=O) groups is 6. The summed E-state index contributed by atoms with van der Waals surface area (Å²) in [4.78, 5) is 78.6. The third-order valence-corrected chi connectivity index (χ3v) is 6.62. The average molecular weight is 613 g/mol. The highest BCUT2D eigenvalue weighted by atomic mass is 16.5. The van der Waals surface area contributed by atoms with Crippen LogP contribution in [0.4, 0.5) is 4.79 Å². The molecule has 0 radical (unpaired) electrons. The SMILES string of the molecule is CCCCC(NC(=O)C1CC(OC(C)(C)C)CN1C(=O)C(NC(=O)OCC(C)C)C(C)(C)C)C(=O)C(=O)NCC(=O)OC. The normalized spacial score (nSPS) is 18.4. The lowest BCUT2D eigenvalue weighted by Crippen LogP contribution is -2.59. The zero-order valence-electron chi connectivity index (χ0n) is 27.5. The minimum Gasteiger partial charge on any atom is -0.468 e. The fraction of sp³-hybridized carbons (Fsp3) is 0.800. The Morgan fingerprint density at radius 1 is 0.977 bits per heavy atom. The fourth-order valence-corrected chi connectivity index (χ4v) is 4.51. The van der Waals surface area contributed by atoms with Gasteiger partial charge in [0, 0.05) is 13.0 Å². The van der Waals surface area contributed by atoms with Crippen molar-refractivity contribution < 1.29 is 43.0 Å². The number of unbranched alkanes of at least 4 members (excludes halogenated alkanes) is 1. The van der Waals surface area contributed by atoms with E-state index in [-0.39, 0.29) is 31.9 Å². The van der Waals surface area contributed by atoms with Gasteiger partial charge in [-0.15, -0.1) is 0 Å². The van der Waals surface area contributed by atoms with E-state index in [1.165, 1.54) is 4.90 Å². The number of nitrogens with one attached hydrogen (secondary N) is 3. The van der Waals surface area contributed by atoms with Crippen molar-refractivity contribution in [2.45, 2.75) is 118 Å². The minimum atomic E-state index is -1.17. The molecule has 0 bridgehead atoms. The van der Waals surface area contributed by atoms with Crippen LogP contribution in [-0.2, 0) is 38.2 Å². The Kier molecular flexibility index (Phi) is 14.6. The van der Waals surface area contributed by atoms with Crippen LogP contribution in [0.2, 0.25) is 0 Å². The number of esters is 1. The molecule has 4 atom stereocenters. The summed E-state index contributed by atoms with van der Waals surface area (Å²) in [5.41, 5.74) is -1.31. The van der Waals surface area contributed by atoms with Gasteiger partial charge in [-0.05, 0) is 38.5 Å². The molecule has 0 aromatic carbocycles. The number of hydrogen-bond donors (Lipinski definition) is 3. The number of Topliss-reactive ketones (excluding diaryl/α,β-unsaturated/α-hetero) is 1. The Bertz CT molecular complexity index is 1000. The molecule has 0 saturated carbocycles. The van der Waals surface area contributed by atoms with Crippen molar-refractivity contribution in [3.8, 4) is 0 Å². The van der Waals surface area contributed by atoms with Crippen LogP contribution in [0.25, 0.3) is 0 Å². The van der Waals surface area contributed by atoms with E-state index in [1.807, 2.05) is 41.5 Å². The first-order chi connectivity index (χ1) is 19.8. The van der Waals surface area contributed by atoms with Gasteiger partial charge in [0.05, 0.1) is 31.5 Å². The van der Waals surface area contributed by atoms with Crippen molar-refractivity contribution in [1.82, 2.24) is 20.9 Å². The zero-order valence-corrected chi connectivity index (χ0v) is 27.5. The first kappa shape index (κ1) is 37.8. The van der Waals surface area contributed by atoms with Gasteiger partial charge in [0.2, 0.25) is 17.6 Å².